The van der Waals surface area contributed by atoms with Gasteiger partial charge >= 0.3 is 0 Å². The maximum atomic E-state index is 13.2. The molecule has 0 radical (unpaired) electrons. The van der Waals surface area contributed by atoms with Crippen molar-refractivity contribution in [1.29, 1.82) is 0 Å². The van der Waals surface area contributed by atoms with E-state index in [4.69, 9.17) is 10.5 Å². The first-order valence-electron chi connectivity index (χ1n) is 10.4. The molecule has 8 heteroatoms. The number of hydrogen-bond donors (Lipinski definition) is 2. The molecule has 162 valence electrons. The molecule has 4 rings (SSSR count). The molecule has 0 saturated carbocycles. The minimum absolute atomic E-state index is 0.137. The monoisotopic (exact) mass is 423 g/mol. The van der Waals surface area contributed by atoms with Crippen LogP contribution in [0.1, 0.15) is 22.3 Å². The van der Waals surface area contributed by atoms with Gasteiger partial charge in [0.05, 0.1) is 24.5 Å². The van der Waals surface area contributed by atoms with Crippen LogP contribution in [0.15, 0.2) is 54.7 Å². The number of nitrogen functional groups attached to an aromatic ring is 1. The zero-order valence-electron chi connectivity index (χ0n) is 17.3. The standard InChI is InChI=1S/C23H26FN5O2/c24-18-5-7-20(8-6-18)29-16-21(23(25)27-29)22(30)17-3-1-4-19(15-17)26-9-2-10-28-11-13-31-14-12-28/h1,3-8,15-16,26H,2,9-14H2,(H2,25,27). The number of nitrogens with two attached hydrogens (primary N) is 1. The predicted molar refractivity (Wildman–Crippen MR) is 118 cm³/mol. The van der Waals surface area contributed by atoms with Crippen LogP contribution in [-0.2, 0) is 4.74 Å². The Kier molecular flexibility index (Phi) is 6.59. The number of carbonyl (C=O) groups is 1. The molecule has 3 N–H and O–H groups in total. The highest BCUT2D eigenvalue weighted by Gasteiger charge is 2.17. The molecule has 1 saturated heterocycles. The van der Waals surface area contributed by atoms with Gasteiger partial charge in [-0.3, -0.25) is 9.69 Å². The molecule has 0 bridgehead atoms. The summed E-state index contributed by atoms with van der Waals surface area (Å²) in [5.74, 6) is -0.407. The molecule has 0 amide bonds. The lowest BCUT2D eigenvalue weighted by Crippen LogP contribution is -2.37. The highest BCUT2D eigenvalue weighted by Crippen LogP contribution is 2.20. The van der Waals surface area contributed by atoms with Gasteiger partial charge in [0.1, 0.15) is 5.82 Å². The maximum Gasteiger partial charge on any atom is 0.198 e. The van der Waals surface area contributed by atoms with Crippen LogP contribution in [-0.4, -0.2) is 59.9 Å². The van der Waals surface area contributed by atoms with Crippen molar-refractivity contribution in [2.75, 3.05) is 50.4 Å². The second-order valence-corrected chi connectivity index (χ2v) is 7.49. The summed E-state index contributed by atoms with van der Waals surface area (Å²) in [7, 11) is 0. The molecular formula is C23H26FN5O2. The van der Waals surface area contributed by atoms with Crippen LogP contribution >= 0.6 is 0 Å². The molecule has 0 aliphatic carbocycles. The number of rotatable bonds is 8. The van der Waals surface area contributed by atoms with Crippen LogP contribution in [0.2, 0.25) is 0 Å². The highest BCUT2D eigenvalue weighted by molar-refractivity contribution is 6.12. The number of halogens is 1. The number of ether oxygens (including phenoxy) is 1. The second-order valence-electron chi connectivity index (χ2n) is 7.49. The van der Waals surface area contributed by atoms with E-state index in [0.717, 1.165) is 51.5 Å². The Balaban J connectivity index is 1.39. The summed E-state index contributed by atoms with van der Waals surface area (Å²) in [5, 5.41) is 7.59. The van der Waals surface area contributed by atoms with Gasteiger partial charge in [-0.2, -0.15) is 0 Å². The fourth-order valence-corrected chi connectivity index (χ4v) is 3.57. The van der Waals surface area contributed by atoms with E-state index in [1.807, 2.05) is 18.2 Å². The van der Waals surface area contributed by atoms with Crippen molar-refractivity contribution in [2.24, 2.45) is 0 Å². The first-order chi connectivity index (χ1) is 15.1. The number of ketones is 1. The Hall–Kier alpha value is -3.23. The first-order valence-corrected chi connectivity index (χ1v) is 10.4. The number of anilines is 2. The number of morpholine rings is 1. The van der Waals surface area contributed by atoms with Crippen LogP contribution in [0, 0.1) is 5.82 Å². The minimum Gasteiger partial charge on any atom is -0.385 e. The van der Waals surface area contributed by atoms with Crippen molar-refractivity contribution in [2.45, 2.75) is 6.42 Å². The highest BCUT2D eigenvalue weighted by atomic mass is 19.1. The molecule has 0 atom stereocenters. The molecule has 3 aromatic rings. The molecule has 1 aliphatic rings. The van der Waals surface area contributed by atoms with Crippen molar-refractivity contribution in [3.05, 3.63) is 71.7 Å². The van der Waals surface area contributed by atoms with Crippen LogP contribution < -0.4 is 11.1 Å². The summed E-state index contributed by atoms with van der Waals surface area (Å²) in [6, 6.07) is 13.2. The zero-order valence-corrected chi connectivity index (χ0v) is 17.3. The van der Waals surface area contributed by atoms with Crippen molar-refractivity contribution >= 4 is 17.3 Å². The summed E-state index contributed by atoms with van der Waals surface area (Å²) in [5.41, 5.74) is 8.36. The largest absolute Gasteiger partial charge is 0.385 e. The van der Waals surface area contributed by atoms with Gasteiger partial charge in [-0.1, -0.05) is 12.1 Å². The van der Waals surface area contributed by atoms with Gasteiger partial charge in [-0.05, 0) is 49.4 Å². The average molecular weight is 423 g/mol. The van der Waals surface area contributed by atoms with Gasteiger partial charge in [0.2, 0.25) is 0 Å². The molecular weight excluding hydrogens is 397 g/mol. The van der Waals surface area contributed by atoms with E-state index in [1.54, 1.807) is 24.4 Å². The smallest absolute Gasteiger partial charge is 0.198 e. The van der Waals surface area contributed by atoms with Crippen LogP contribution in [0.25, 0.3) is 5.69 Å². The molecule has 0 spiro atoms. The molecule has 1 aromatic heterocycles. The van der Waals surface area contributed by atoms with E-state index in [-0.39, 0.29) is 17.4 Å². The summed E-state index contributed by atoms with van der Waals surface area (Å²) in [6.07, 6.45) is 2.59. The molecule has 1 fully saturated rings. The Labute approximate surface area is 180 Å². The zero-order chi connectivity index (χ0) is 21.6. The predicted octanol–water partition coefficient (Wildman–Crippen LogP) is 2.96. The lowest BCUT2D eigenvalue weighted by Gasteiger charge is -2.26. The molecule has 2 heterocycles. The fraction of sp³-hybridized carbons (Fsp3) is 0.304. The third-order valence-electron chi connectivity index (χ3n) is 5.29. The van der Waals surface area contributed by atoms with E-state index in [0.29, 0.717) is 16.8 Å². The van der Waals surface area contributed by atoms with Crippen molar-refractivity contribution < 1.29 is 13.9 Å². The Morgan fingerprint density at radius 1 is 1.16 bits per heavy atom. The van der Waals surface area contributed by atoms with Gasteiger partial charge < -0.3 is 15.8 Å². The summed E-state index contributed by atoms with van der Waals surface area (Å²) >= 11 is 0. The number of nitrogens with zero attached hydrogens (tertiary/aromatic N) is 3. The van der Waals surface area contributed by atoms with Crippen LogP contribution in [0.5, 0.6) is 0 Å². The Morgan fingerprint density at radius 2 is 1.94 bits per heavy atom. The van der Waals surface area contributed by atoms with Crippen molar-refractivity contribution in [1.82, 2.24) is 14.7 Å². The van der Waals surface area contributed by atoms with Gasteiger partial charge in [0.15, 0.2) is 11.6 Å². The van der Waals surface area contributed by atoms with E-state index in [1.165, 1.54) is 16.8 Å². The van der Waals surface area contributed by atoms with Gasteiger partial charge in [-0.15, -0.1) is 5.10 Å². The van der Waals surface area contributed by atoms with E-state index in [2.05, 4.69) is 15.3 Å². The molecule has 31 heavy (non-hydrogen) atoms. The summed E-state index contributed by atoms with van der Waals surface area (Å²) < 4.78 is 20.0. The average Bonchev–Trinajstić information content (AvgIpc) is 3.19. The van der Waals surface area contributed by atoms with E-state index >= 15 is 0 Å². The van der Waals surface area contributed by atoms with E-state index in [9.17, 15) is 9.18 Å². The fourth-order valence-electron chi connectivity index (χ4n) is 3.57. The number of aromatic nitrogens is 2. The van der Waals surface area contributed by atoms with Crippen LogP contribution in [0.4, 0.5) is 15.9 Å². The minimum atomic E-state index is -0.338. The normalized spacial score (nSPS) is 14.5. The molecule has 0 unspecified atom stereocenters. The summed E-state index contributed by atoms with van der Waals surface area (Å²) in [4.78, 5) is 15.4. The lowest BCUT2D eigenvalue weighted by atomic mass is 10.1. The van der Waals surface area contributed by atoms with Gasteiger partial charge in [0.25, 0.3) is 0 Å². The Morgan fingerprint density at radius 3 is 2.71 bits per heavy atom. The molecule has 1 aliphatic heterocycles. The number of nitrogens with one attached hydrogen (secondary N) is 1. The number of carbonyl (C=O) groups excluding carboxylic acids is 1. The van der Waals surface area contributed by atoms with E-state index < -0.39 is 0 Å². The number of benzene rings is 2. The third-order valence-corrected chi connectivity index (χ3v) is 5.29. The third kappa shape index (κ3) is 5.28. The second kappa shape index (κ2) is 9.72. The quantitative estimate of drug-likeness (QED) is 0.428. The van der Waals surface area contributed by atoms with Crippen molar-refractivity contribution in [3.8, 4) is 5.69 Å². The topological polar surface area (TPSA) is 85.4 Å². The SMILES string of the molecule is Nc1nn(-c2ccc(F)cc2)cc1C(=O)c1cccc(NCCCN2CCOCC2)c1. The summed E-state index contributed by atoms with van der Waals surface area (Å²) in [6.45, 7) is 5.42. The lowest BCUT2D eigenvalue weighted by molar-refractivity contribution is 0.0378. The number of hydrogen-bond acceptors (Lipinski definition) is 6. The van der Waals surface area contributed by atoms with Gasteiger partial charge in [-0.25, -0.2) is 9.07 Å². The van der Waals surface area contributed by atoms with Crippen molar-refractivity contribution in [3.63, 3.8) is 0 Å². The Bertz CT molecular complexity index is 1030. The van der Waals surface area contributed by atoms with Crippen LogP contribution in [0.3, 0.4) is 0 Å². The first kappa shape index (κ1) is 21.0. The molecule has 7 nitrogen and oxygen atoms in total. The van der Waals surface area contributed by atoms with Gasteiger partial charge in [0, 0.05) is 37.1 Å². The maximum absolute atomic E-state index is 13.2. The molecule has 2 aromatic carbocycles.